The van der Waals surface area contributed by atoms with Crippen molar-refractivity contribution in [3.05, 3.63) is 76.9 Å². The van der Waals surface area contributed by atoms with Crippen molar-refractivity contribution in [3.8, 4) is 0 Å². The highest BCUT2D eigenvalue weighted by atomic mass is 16.5. The van der Waals surface area contributed by atoms with Crippen LogP contribution in [0, 0.1) is 13.8 Å². The van der Waals surface area contributed by atoms with Crippen LogP contribution in [0.5, 0.6) is 0 Å². The van der Waals surface area contributed by atoms with Crippen LogP contribution in [0.4, 0.5) is 0 Å². The van der Waals surface area contributed by atoms with E-state index in [1.165, 1.54) is 0 Å². The quantitative estimate of drug-likeness (QED) is 0.618. The Kier molecular flexibility index (Phi) is 4.89. The Morgan fingerprint density at radius 3 is 2.41 bits per heavy atom. The first-order chi connectivity index (χ1) is 10.5. The van der Waals surface area contributed by atoms with Crippen LogP contribution in [0.1, 0.15) is 37.4 Å². The number of ketones is 1. The summed E-state index contributed by atoms with van der Waals surface area (Å²) in [6.07, 6.45) is 1.69. The maximum absolute atomic E-state index is 12.2. The van der Waals surface area contributed by atoms with Crippen molar-refractivity contribution in [2.24, 2.45) is 0 Å². The molecule has 112 valence electrons. The Balaban J connectivity index is 2.02. The van der Waals surface area contributed by atoms with Crippen molar-refractivity contribution in [1.29, 1.82) is 0 Å². The number of carbonyl (C=O) groups excluding carboxylic acids is 2. The third kappa shape index (κ3) is 3.70. The maximum Gasteiger partial charge on any atom is 0.338 e. The number of benzene rings is 2. The molecule has 0 aromatic heterocycles. The molecule has 0 spiro atoms. The largest absolute Gasteiger partial charge is 0.454 e. The standard InChI is InChI=1S/C19H18O3/c1-4-15-7-9-16(10-8-15)19(21)22-12-18(20)17-11-13(2)5-6-14(17)3/h4-11H,1,12H2,2-3H3. The van der Waals surface area contributed by atoms with Gasteiger partial charge in [0.1, 0.15) is 0 Å². The molecule has 0 atom stereocenters. The van der Waals surface area contributed by atoms with E-state index in [2.05, 4.69) is 6.58 Å². The Morgan fingerprint density at radius 2 is 1.77 bits per heavy atom. The van der Waals surface area contributed by atoms with Gasteiger partial charge in [0, 0.05) is 5.56 Å². The lowest BCUT2D eigenvalue weighted by molar-refractivity contribution is 0.0474. The van der Waals surface area contributed by atoms with E-state index in [0.29, 0.717) is 11.1 Å². The number of hydrogen-bond donors (Lipinski definition) is 0. The lowest BCUT2D eigenvalue weighted by Crippen LogP contribution is -2.15. The first-order valence-electron chi connectivity index (χ1n) is 7.01. The lowest BCUT2D eigenvalue weighted by atomic mass is 10.0. The normalized spacial score (nSPS) is 10.1. The lowest BCUT2D eigenvalue weighted by Gasteiger charge is -2.07. The molecule has 0 bridgehead atoms. The van der Waals surface area contributed by atoms with Crippen LogP contribution >= 0.6 is 0 Å². The highest BCUT2D eigenvalue weighted by Gasteiger charge is 2.13. The summed E-state index contributed by atoms with van der Waals surface area (Å²) in [5.41, 5.74) is 3.81. The number of aryl methyl sites for hydroxylation is 2. The summed E-state index contributed by atoms with van der Waals surface area (Å²) >= 11 is 0. The number of carbonyl (C=O) groups is 2. The van der Waals surface area contributed by atoms with Crippen molar-refractivity contribution >= 4 is 17.8 Å². The van der Waals surface area contributed by atoms with Crippen LogP contribution in [0.25, 0.3) is 6.08 Å². The van der Waals surface area contributed by atoms with Crippen molar-refractivity contribution < 1.29 is 14.3 Å². The van der Waals surface area contributed by atoms with Crippen molar-refractivity contribution in [2.75, 3.05) is 6.61 Å². The number of Topliss-reactive ketones (excluding diaryl/α,β-unsaturated/α-hetero) is 1. The average molecular weight is 294 g/mol. The minimum absolute atomic E-state index is 0.197. The fourth-order valence-electron chi connectivity index (χ4n) is 2.08. The highest BCUT2D eigenvalue weighted by Crippen LogP contribution is 2.12. The second-order valence-corrected chi connectivity index (χ2v) is 5.14. The number of rotatable bonds is 5. The number of ether oxygens (including phenoxy) is 1. The first-order valence-corrected chi connectivity index (χ1v) is 7.01. The summed E-state index contributed by atoms with van der Waals surface area (Å²) in [6.45, 7) is 7.18. The monoisotopic (exact) mass is 294 g/mol. The summed E-state index contributed by atoms with van der Waals surface area (Å²) < 4.78 is 5.10. The summed E-state index contributed by atoms with van der Waals surface area (Å²) in [4.78, 5) is 24.1. The van der Waals surface area contributed by atoms with E-state index >= 15 is 0 Å². The van der Waals surface area contributed by atoms with Gasteiger partial charge in [0.2, 0.25) is 5.78 Å². The van der Waals surface area contributed by atoms with Crippen LogP contribution < -0.4 is 0 Å². The smallest absolute Gasteiger partial charge is 0.338 e. The van der Waals surface area contributed by atoms with E-state index < -0.39 is 5.97 Å². The van der Waals surface area contributed by atoms with Gasteiger partial charge >= 0.3 is 5.97 Å². The van der Waals surface area contributed by atoms with Gasteiger partial charge in [0.15, 0.2) is 6.61 Å². The van der Waals surface area contributed by atoms with Gasteiger partial charge in [0.25, 0.3) is 0 Å². The van der Waals surface area contributed by atoms with Crippen LogP contribution in [0.15, 0.2) is 49.0 Å². The van der Waals surface area contributed by atoms with Gasteiger partial charge in [-0.25, -0.2) is 4.79 Å². The third-order valence-electron chi connectivity index (χ3n) is 3.41. The van der Waals surface area contributed by atoms with Gasteiger partial charge in [-0.05, 0) is 43.2 Å². The summed E-state index contributed by atoms with van der Waals surface area (Å²) in [5, 5.41) is 0. The third-order valence-corrected chi connectivity index (χ3v) is 3.41. The molecule has 2 aromatic carbocycles. The molecule has 0 heterocycles. The van der Waals surface area contributed by atoms with Crippen molar-refractivity contribution in [3.63, 3.8) is 0 Å². The molecule has 3 heteroatoms. The van der Waals surface area contributed by atoms with Gasteiger partial charge in [-0.15, -0.1) is 0 Å². The van der Waals surface area contributed by atoms with Crippen molar-refractivity contribution in [2.45, 2.75) is 13.8 Å². The van der Waals surface area contributed by atoms with Gasteiger partial charge in [-0.3, -0.25) is 4.79 Å². The van der Waals surface area contributed by atoms with E-state index in [1.54, 1.807) is 30.3 Å². The molecule has 0 radical (unpaired) electrons. The van der Waals surface area contributed by atoms with E-state index in [1.807, 2.05) is 32.0 Å². The Morgan fingerprint density at radius 1 is 1.09 bits per heavy atom. The molecule has 22 heavy (non-hydrogen) atoms. The van der Waals surface area contributed by atoms with E-state index in [9.17, 15) is 9.59 Å². The molecular formula is C19H18O3. The van der Waals surface area contributed by atoms with Crippen LogP contribution in [-0.4, -0.2) is 18.4 Å². The zero-order chi connectivity index (χ0) is 16.1. The minimum atomic E-state index is -0.505. The highest BCUT2D eigenvalue weighted by molar-refractivity contribution is 6.00. The molecule has 0 aliphatic carbocycles. The predicted octanol–water partition coefficient (Wildman–Crippen LogP) is 3.99. The second kappa shape index (κ2) is 6.85. The minimum Gasteiger partial charge on any atom is -0.454 e. The van der Waals surface area contributed by atoms with Crippen LogP contribution in [0.3, 0.4) is 0 Å². The molecular weight excluding hydrogens is 276 g/mol. The zero-order valence-electron chi connectivity index (χ0n) is 12.8. The van der Waals surface area contributed by atoms with E-state index in [-0.39, 0.29) is 12.4 Å². The molecule has 0 unspecified atom stereocenters. The van der Waals surface area contributed by atoms with Crippen LogP contribution in [0.2, 0.25) is 0 Å². The Bertz CT molecular complexity index is 712. The molecule has 0 aliphatic heterocycles. The molecule has 0 amide bonds. The summed E-state index contributed by atoms with van der Waals surface area (Å²) in [6, 6.07) is 12.5. The second-order valence-electron chi connectivity index (χ2n) is 5.14. The fraction of sp³-hybridized carbons (Fsp3) is 0.158. The molecule has 0 N–H and O–H groups in total. The van der Waals surface area contributed by atoms with Gasteiger partial charge in [0.05, 0.1) is 5.56 Å². The molecule has 0 saturated heterocycles. The molecule has 2 rings (SSSR count). The molecule has 0 saturated carbocycles. The Hall–Kier alpha value is -2.68. The predicted molar refractivity (Wildman–Crippen MR) is 87.1 cm³/mol. The molecule has 0 aliphatic rings. The van der Waals surface area contributed by atoms with E-state index in [4.69, 9.17) is 4.74 Å². The zero-order valence-corrected chi connectivity index (χ0v) is 12.8. The average Bonchev–Trinajstić information content (AvgIpc) is 2.54. The fourth-order valence-corrected chi connectivity index (χ4v) is 2.08. The topological polar surface area (TPSA) is 43.4 Å². The van der Waals surface area contributed by atoms with Gasteiger partial charge in [-0.1, -0.05) is 42.5 Å². The molecule has 3 nitrogen and oxygen atoms in total. The van der Waals surface area contributed by atoms with E-state index in [0.717, 1.165) is 16.7 Å². The number of esters is 1. The van der Waals surface area contributed by atoms with Crippen LogP contribution in [-0.2, 0) is 4.74 Å². The maximum atomic E-state index is 12.2. The SMILES string of the molecule is C=Cc1ccc(C(=O)OCC(=O)c2cc(C)ccc2C)cc1. The Labute approximate surface area is 130 Å². The first kappa shape index (κ1) is 15.7. The molecule has 2 aromatic rings. The number of hydrogen-bond acceptors (Lipinski definition) is 3. The summed E-state index contributed by atoms with van der Waals surface area (Å²) in [7, 11) is 0. The molecule has 0 fully saturated rings. The summed E-state index contributed by atoms with van der Waals surface area (Å²) in [5.74, 6) is -0.702. The van der Waals surface area contributed by atoms with Crippen molar-refractivity contribution in [1.82, 2.24) is 0 Å². The van der Waals surface area contributed by atoms with Gasteiger partial charge < -0.3 is 4.74 Å². The van der Waals surface area contributed by atoms with Gasteiger partial charge in [-0.2, -0.15) is 0 Å².